The number of pyridine rings is 1. The summed E-state index contributed by atoms with van der Waals surface area (Å²) >= 11 is 3.53. The molecule has 5 nitrogen and oxygen atoms in total. The van der Waals surface area contributed by atoms with Gasteiger partial charge in [0.2, 0.25) is 0 Å². The molecule has 6 rings (SSSR count). The molecule has 0 amide bonds. The molecule has 0 aliphatic heterocycles. The first-order valence-electron chi connectivity index (χ1n) is 15.3. The Balaban J connectivity index is 1.19. The predicted octanol–water partition coefficient (Wildman–Crippen LogP) is 8.31. The van der Waals surface area contributed by atoms with E-state index in [2.05, 4.69) is 64.3 Å². The molecule has 6 heteroatoms. The van der Waals surface area contributed by atoms with Gasteiger partial charge in [0.05, 0.1) is 6.61 Å². The quantitative estimate of drug-likeness (QED) is 0.266. The van der Waals surface area contributed by atoms with Gasteiger partial charge in [-0.05, 0) is 116 Å². The minimum atomic E-state index is -0.958. The highest BCUT2D eigenvalue weighted by Crippen LogP contribution is 2.56. The third kappa shape index (κ3) is 5.40. The van der Waals surface area contributed by atoms with Gasteiger partial charge in [0.1, 0.15) is 11.3 Å². The minimum absolute atomic E-state index is 0.00704. The lowest BCUT2D eigenvalue weighted by molar-refractivity contribution is -0.144. The zero-order valence-corrected chi connectivity index (χ0v) is 25.8. The van der Waals surface area contributed by atoms with Crippen LogP contribution < -0.4 is 10.1 Å². The average molecular weight is 618 g/mol. The monoisotopic (exact) mass is 616 g/mol. The number of anilines is 1. The second-order valence-electron chi connectivity index (χ2n) is 12.9. The first-order valence-corrected chi connectivity index (χ1v) is 16.0. The van der Waals surface area contributed by atoms with Crippen molar-refractivity contribution in [2.45, 2.75) is 88.5 Å². The Morgan fingerprint density at radius 1 is 1.15 bits per heavy atom. The molecule has 3 aromatic rings. The number of rotatable bonds is 8. The fourth-order valence-corrected chi connectivity index (χ4v) is 8.46. The number of halogens is 1. The summed E-state index contributed by atoms with van der Waals surface area (Å²) in [6, 6.07) is 18.8. The Bertz CT molecular complexity index is 1410. The molecule has 1 spiro atoms. The zero-order chi connectivity index (χ0) is 28.6. The van der Waals surface area contributed by atoms with Gasteiger partial charge < -0.3 is 15.2 Å². The van der Waals surface area contributed by atoms with Gasteiger partial charge in [-0.15, -0.1) is 0 Å². The predicted molar refractivity (Wildman–Crippen MR) is 167 cm³/mol. The molecule has 1 aromatic heterocycles. The van der Waals surface area contributed by atoms with E-state index in [4.69, 9.17) is 4.74 Å². The van der Waals surface area contributed by atoms with Crippen LogP contribution in [0.1, 0.15) is 87.1 Å². The lowest BCUT2D eigenvalue weighted by Crippen LogP contribution is -2.53. The van der Waals surface area contributed by atoms with Crippen molar-refractivity contribution in [3.63, 3.8) is 0 Å². The van der Waals surface area contributed by atoms with Gasteiger partial charge in [0, 0.05) is 27.6 Å². The Morgan fingerprint density at radius 2 is 1.95 bits per heavy atom. The standard InChI is InChI=1S/C35H41BrN2O3/c1-23(22-41-31-13-18-37-30-12-5-7-24(2)32(30)31)19-26-20-25-8-3-4-11-29(25)34(26)14-16-35(17-15-34,33(39)40)38-28-10-6-9-27(36)21-28/h3-4,6,8-11,13,18,21,23-24,26,38H,5,7,12,14-17,19-20,22H2,1-2H3,(H,39,40)/t23-,24-,26+,34?,35?/m1/s1. The van der Waals surface area contributed by atoms with E-state index < -0.39 is 11.5 Å². The molecule has 1 heterocycles. The molecule has 0 unspecified atom stereocenters. The van der Waals surface area contributed by atoms with Crippen molar-refractivity contribution >= 4 is 27.6 Å². The van der Waals surface area contributed by atoms with Gasteiger partial charge in [0.25, 0.3) is 0 Å². The summed E-state index contributed by atoms with van der Waals surface area (Å²) in [6.45, 7) is 5.30. The summed E-state index contributed by atoms with van der Waals surface area (Å²) in [7, 11) is 0. The lowest BCUT2D eigenvalue weighted by Gasteiger charge is -2.47. The number of hydrogen-bond acceptors (Lipinski definition) is 4. The summed E-state index contributed by atoms with van der Waals surface area (Å²) in [6.07, 6.45) is 10.4. The number of fused-ring (bicyclic) bond motifs is 3. The van der Waals surface area contributed by atoms with Crippen molar-refractivity contribution in [2.75, 3.05) is 11.9 Å². The average Bonchev–Trinajstić information content (AvgIpc) is 3.25. The number of hydrogen-bond donors (Lipinski definition) is 2. The molecule has 1 fully saturated rings. The third-order valence-corrected chi connectivity index (χ3v) is 10.7. The summed E-state index contributed by atoms with van der Waals surface area (Å²) in [5, 5.41) is 13.9. The number of nitrogens with one attached hydrogen (secondary N) is 1. The SMILES string of the molecule is C[C@@H](COc1ccnc2c1[C@H](C)CCC2)C[C@H]1Cc2ccccc2C12CCC(Nc1cccc(Br)c1)(C(=O)O)CC2. The van der Waals surface area contributed by atoms with Crippen LogP contribution in [0.4, 0.5) is 5.69 Å². The maximum atomic E-state index is 12.7. The highest BCUT2D eigenvalue weighted by molar-refractivity contribution is 9.10. The van der Waals surface area contributed by atoms with Crippen molar-refractivity contribution in [1.82, 2.24) is 4.98 Å². The largest absolute Gasteiger partial charge is 0.493 e. The lowest BCUT2D eigenvalue weighted by atomic mass is 9.59. The van der Waals surface area contributed by atoms with Crippen LogP contribution in [0.15, 0.2) is 65.3 Å². The number of benzene rings is 2. The summed E-state index contributed by atoms with van der Waals surface area (Å²) in [5.74, 6) is 1.61. The van der Waals surface area contributed by atoms with E-state index in [1.54, 1.807) is 0 Å². The van der Waals surface area contributed by atoms with Crippen molar-refractivity contribution in [2.24, 2.45) is 11.8 Å². The molecule has 2 N–H and O–H groups in total. The Morgan fingerprint density at radius 3 is 2.73 bits per heavy atom. The second-order valence-corrected chi connectivity index (χ2v) is 13.8. The first-order chi connectivity index (χ1) is 19.8. The summed E-state index contributed by atoms with van der Waals surface area (Å²) < 4.78 is 7.45. The van der Waals surface area contributed by atoms with Crippen molar-refractivity contribution in [3.05, 3.63) is 87.7 Å². The number of aryl methyl sites for hydroxylation is 1. The molecule has 41 heavy (non-hydrogen) atoms. The van der Waals surface area contributed by atoms with Crippen LogP contribution in [0, 0.1) is 11.8 Å². The molecular weight excluding hydrogens is 576 g/mol. The van der Waals surface area contributed by atoms with Crippen LogP contribution in [0.5, 0.6) is 5.75 Å². The maximum Gasteiger partial charge on any atom is 0.329 e. The number of aliphatic carboxylic acids is 1. The molecular formula is C35H41BrN2O3. The fraction of sp³-hybridized carbons (Fsp3) is 0.486. The second kappa shape index (κ2) is 11.4. The maximum absolute atomic E-state index is 12.7. The Labute approximate surface area is 252 Å². The summed E-state index contributed by atoms with van der Waals surface area (Å²) in [4.78, 5) is 17.4. The minimum Gasteiger partial charge on any atom is -0.493 e. The normalized spacial score (nSPS) is 27.6. The molecule has 216 valence electrons. The van der Waals surface area contributed by atoms with E-state index in [0.717, 1.165) is 48.0 Å². The van der Waals surface area contributed by atoms with Gasteiger partial charge in [-0.25, -0.2) is 4.79 Å². The van der Waals surface area contributed by atoms with E-state index in [1.807, 2.05) is 36.5 Å². The van der Waals surface area contributed by atoms with Gasteiger partial charge in [-0.3, -0.25) is 4.98 Å². The van der Waals surface area contributed by atoms with Crippen LogP contribution in [-0.4, -0.2) is 28.2 Å². The Hall–Kier alpha value is -2.86. The number of carboxylic acid groups (broad SMARTS) is 1. The van der Waals surface area contributed by atoms with Crippen molar-refractivity contribution in [1.29, 1.82) is 0 Å². The zero-order valence-electron chi connectivity index (χ0n) is 24.2. The topological polar surface area (TPSA) is 71.5 Å². The third-order valence-electron chi connectivity index (χ3n) is 10.2. The fourth-order valence-electron chi connectivity index (χ4n) is 8.06. The van der Waals surface area contributed by atoms with Crippen molar-refractivity contribution < 1.29 is 14.6 Å². The van der Waals surface area contributed by atoms with Crippen LogP contribution in [0.3, 0.4) is 0 Å². The van der Waals surface area contributed by atoms with Crippen LogP contribution in [-0.2, 0) is 23.1 Å². The molecule has 2 aromatic carbocycles. The van der Waals surface area contributed by atoms with Gasteiger partial charge in [-0.1, -0.05) is 60.1 Å². The van der Waals surface area contributed by atoms with Crippen LogP contribution in [0.2, 0.25) is 0 Å². The molecule has 0 radical (unpaired) electrons. The van der Waals surface area contributed by atoms with E-state index >= 15 is 0 Å². The van der Waals surface area contributed by atoms with E-state index in [1.165, 1.54) is 35.2 Å². The van der Waals surface area contributed by atoms with Gasteiger partial charge in [-0.2, -0.15) is 0 Å². The van der Waals surface area contributed by atoms with Crippen LogP contribution in [0.25, 0.3) is 0 Å². The van der Waals surface area contributed by atoms with Crippen molar-refractivity contribution in [3.8, 4) is 5.75 Å². The molecule has 0 bridgehead atoms. The van der Waals surface area contributed by atoms with Gasteiger partial charge >= 0.3 is 5.97 Å². The number of ether oxygens (including phenoxy) is 1. The van der Waals surface area contributed by atoms with E-state index in [9.17, 15) is 9.90 Å². The molecule has 0 saturated heterocycles. The van der Waals surface area contributed by atoms with Crippen LogP contribution >= 0.6 is 15.9 Å². The molecule has 3 atom stereocenters. The Kier molecular flexibility index (Phi) is 7.88. The molecule has 3 aliphatic carbocycles. The first kappa shape index (κ1) is 28.3. The smallest absolute Gasteiger partial charge is 0.329 e. The molecule has 3 aliphatic rings. The van der Waals surface area contributed by atoms with Gasteiger partial charge in [0.15, 0.2) is 0 Å². The highest BCUT2D eigenvalue weighted by atomic mass is 79.9. The number of nitrogens with zero attached hydrogens (tertiary/aromatic N) is 1. The number of carboxylic acids is 1. The molecule has 1 saturated carbocycles. The highest BCUT2D eigenvalue weighted by Gasteiger charge is 2.54. The number of aromatic nitrogens is 1. The van der Waals surface area contributed by atoms with E-state index in [0.29, 0.717) is 37.2 Å². The van der Waals surface area contributed by atoms with E-state index in [-0.39, 0.29) is 5.41 Å². The summed E-state index contributed by atoms with van der Waals surface area (Å²) in [5.41, 5.74) is 5.29. The number of carbonyl (C=O) groups is 1.